The fraction of sp³-hybridized carbons (Fsp3) is 0.750. The van der Waals surface area contributed by atoms with E-state index in [4.69, 9.17) is 17.7 Å². The summed E-state index contributed by atoms with van der Waals surface area (Å²) >= 11 is 0. The van der Waals surface area contributed by atoms with Crippen LogP contribution in [-0.4, -0.2) is 31.8 Å². The summed E-state index contributed by atoms with van der Waals surface area (Å²) in [5.74, 6) is -0.184. The van der Waals surface area contributed by atoms with Crippen LogP contribution in [0, 0.1) is 11.8 Å². The van der Waals surface area contributed by atoms with Gasteiger partial charge in [0.1, 0.15) is 13.0 Å². The van der Waals surface area contributed by atoms with Crippen LogP contribution < -0.4 is 0 Å². The van der Waals surface area contributed by atoms with Crippen molar-refractivity contribution in [2.75, 3.05) is 12.9 Å². The van der Waals surface area contributed by atoms with Gasteiger partial charge in [0.15, 0.2) is 5.41 Å². The van der Waals surface area contributed by atoms with Crippen LogP contribution in [0.3, 0.4) is 0 Å². The van der Waals surface area contributed by atoms with Gasteiger partial charge >= 0.3 is 5.97 Å². The van der Waals surface area contributed by atoms with E-state index in [0.29, 0.717) is 12.9 Å². The van der Waals surface area contributed by atoms with Gasteiger partial charge in [0.2, 0.25) is 0 Å². The molecule has 0 spiro atoms. The summed E-state index contributed by atoms with van der Waals surface area (Å²) < 4.78 is 32.0. The Bertz CT molecular complexity index is 281. The first-order chi connectivity index (χ1) is 6.12. The van der Waals surface area contributed by atoms with E-state index in [1.165, 1.54) is 6.92 Å². The third-order valence-corrected chi connectivity index (χ3v) is 1.51. The lowest BCUT2D eigenvalue weighted by Gasteiger charge is -1.99. The lowest BCUT2D eigenvalue weighted by Crippen LogP contribution is -2.09. The Balaban J connectivity index is 0.000000292. The molecule has 1 saturated carbocycles. The Labute approximate surface area is 84.2 Å². The minimum Gasteiger partial charge on any atom is -0.748 e. The zero-order valence-corrected chi connectivity index (χ0v) is 9.26. The number of carbonyl (C=O) groups excluding carboxylic acids is 1. The predicted octanol–water partition coefficient (Wildman–Crippen LogP) is 0.325. The highest BCUT2D eigenvalue weighted by Crippen LogP contribution is 2.43. The van der Waals surface area contributed by atoms with E-state index in [0.717, 1.165) is 6.42 Å². The summed E-state index contributed by atoms with van der Waals surface area (Å²) in [7, 11) is -3.92. The number of rotatable bonds is 2. The van der Waals surface area contributed by atoms with Gasteiger partial charge < -0.3 is 9.29 Å². The van der Waals surface area contributed by atoms with Gasteiger partial charge in [-0.05, 0) is 6.92 Å². The largest absolute Gasteiger partial charge is 0.748 e. The molecule has 14 heavy (non-hydrogen) atoms. The standard InChI is InChI=1S/C7H11O2.CH4O3S/c1-6(8)9-5-7(2)3-4-7;1-5(2,3)4/h3H,4-5H2,1-2H3;1H3,(H,2,3,4)/q+1;/p-1. The fourth-order valence-corrected chi connectivity index (χ4v) is 0.559. The SMILES string of the molecule is CC(=O)OCC1(C)[CH+]C1.CS(=O)(=O)[O-]. The van der Waals surface area contributed by atoms with Crippen molar-refractivity contribution in [2.45, 2.75) is 20.3 Å². The molecule has 0 aromatic rings. The summed E-state index contributed by atoms with van der Waals surface area (Å²) in [5.41, 5.74) is 0.214. The Morgan fingerprint density at radius 2 is 2.00 bits per heavy atom. The van der Waals surface area contributed by atoms with E-state index in [1.807, 2.05) is 0 Å². The Morgan fingerprint density at radius 1 is 1.64 bits per heavy atom. The quantitative estimate of drug-likeness (QED) is 0.382. The number of carbonyl (C=O) groups is 1. The maximum atomic E-state index is 10.3. The van der Waals surface area contributed by atoms with Crippen LogP contribution in [-0.2, 0) is 19.6 Å². The van der Waals surface area contributed by atoms with E-state index in [1.54, 1.807) is 0 Å². The maximum Gasteiger partial charge on any atom is 0.302 e. The van der Waals surface area contributed by atoms with Gasteiger partial charge in [0, 0.05) is 13.2 Å². The lowest BCUT2D eigenvalue weighted by atomic mass is 10.2. The van der Waals surface area contributed by atoms with Crippen molar-refractivity contribution in [3.8, 4) is 0 Å². The van der Waals surface area contributed by atoms with Crippen molar-refractivity contribution >= 4 is 16.1 Å². The van der Waals surface area contributed by atoms with Crippen LogP contribution in [0.1, 0.15) is 20.3 Å². The van der Waals surface area contributed by atoms with Gasteiger partial charge in [-0.2, -0.15) is 0 Å². The molecule has 0 bridgehead atoms. The summed E-state index contributed by atoms with van der Waals surface area (Å²) in [6, 6.07) is 0. The number of hydrogen-bond acceptors (Lipinski definition) is 5. The minimum absolute atomic E-state index is 0.184. The number of ether oxygens (including phenoxy) is 1. The second kappa shape index (κ2) is 4.65. The van der Waals surface area contributed by atoms with E-state index in [-0.39, 0.29) is 11.4 Å². The normalized spacial score (nSPS) is 24.0. The molecule has 0 aromatic carbocycles. The fourth-order valence-electron chi connectivity index (χ4n) is 0.559. The molecular weight excluding hydrogens is 208 g/mol. The van der Waals surface area contributed by atoms with Crippen molar-refractivity contribution < 1.29 is 22.5 Å². The van der Waals surface area contributed by atoms with Crippen molar-refractivity contribution in [2.24, 2.45) is 5.41 Å². The Hall–Kier alpha value is -0.750. The lowest BCUT2D eigenvalue weighted by molar-refractivity contribution is -0.142. The van der Waals surface area contributed by atoms with Crippen molar-refractivity contribution in [3.63, 3.8) is 0 Å². The smallest absolute Gasteiger partial charge is 0.302 e. The van der Waals surface area contributed by atoms with Crippen molar-refractivity contribution in [1.82, 2.24) is 0 Å². The first kappa shape index (κ1) is 13.2. The molecule has 6 heteroatoms. The van der Waals surface area contributed by atoms with Crippen LogP contribution in [0.4, 0.5) is 0 Å². The molecule has 82 valence electrons. The molecule has 0 heterocycles. The highest BCUT2D eigenvalue weighted by atomic mass is 32.2. The molecule has 5 nitrogen and oxygen atoms in total. The molecule has 1 unspecified atom stereocenters. The summed E-state index contributed by atoms with van der Waals surface area (Å²) in [6.07, 6.45) is 3.84. The molecule has 0 amide bonds. The van der Waals surface area contributed by atoms with Gasteiger partial charge in [-0.1, -0.05) is 0 Å². The monoisotopic (exact) mass is 222 g/mol. The summed E-state index contributed by atoms with van der Waals surface area (Å²) in [4.78, 5) is 10.3. The van der Waals surface area contributed by atoms with E-state index in [9.17, 15) is 4.79 Å². The van der Waals surface area contributed by atoms with Crippen molar-refractivity contribution in [1.29, 1.82) is 0 Å². The third-order valence-electron chi connectivity index (χ3n) is 1.51. The number of hydrogen-bond donors (Lipinski definition) is 0. The van der Waals surface area contributed by atoms with E-state index < -0.39 is 10.1 Å². The molecule has 1 aliphatic carbocycles. The molecule has 1 fully saturated rings. The van der Waals surface area contributed by atoms with E-state index in [2.05, 4.69) is 13.3 Å². The topological polar surface area (TPSA) is 83.5 Å². The van der Waals surface area contributed by atoms with Gasteiger partial charge in [0.25, 0.3) is 0 Å². The van der Waals surface area contributed by atoms with Gasteiger partial charge in [0.05, 0.1) is 16.5 Å². The predicted molar refractivity (Wildman–Crippen MR) is 49.3 cm³/mol. The van der Waals surface area contributed by atoms with Gasteiger partial charge in [-0.15, -0.1) is 0 Å². The summed E-state index contributed by atoms with van der Waals surface area (Å²) in [6.45, 7) is 4.07. The zero-order chi connectivity index (χ0) is 11.4. The third kappa shape index (κ3) is 11.2. The van der Waals surface area contributed by atoms with Crippen LogP contribution >= 0.6 is 0 Å². The second-order valence-corrected chi connectivity index (χ2v) is 4.95. The van der Waals surface area contributed by atoms with E-state index >= 15 is 0 Å². The molecule has 0 aromatic heterocycles. The molecule has 0 saturated heterocycles. The average Bonchev–Trinajstić information content (AvgIpc) is 2.62. The highest BCUT2D eigenvalue weighted by molar-refractivity contribution is 7.84. The molecule has 0 radical (unpaired) electrons. The van der Waals surface area contributed by atoms with Crippen LogP contribution in [0.15, 0.2) is 0 Å². The average molecular weight is 222 g/mol. The Morgan fingerprint density at radius 3 is 2.21 bits per heavy atom. The first-order valence-corrected chi connectivity index (χ1v) is 5.83. The molecule has 0 aliphatic heterocycles. The first-order valence-electron chi connectivity index (χ1n) is 4.01. The minimum atomic E-state index is -3.92. The highest BCUT2D eigenvalue weighted by Gasteiger charge is 2.52. The second-order valence-electron chi connectivity index (χ2n) is 3.55. The zero-order valence-electron chi connectivity index (χ0n) is 8.44. The molecule has 1 aliphatic rings. The van der Waals surface area contributed by atoms with Crippen LogP contribution in [0.25, 0.3) is 0 Å². The Kier molecular flexibility index (Phi) is 4.41. The van der Waals surface area contributed by atoms with Crippen LogP contribution in [0.2, 0.25) is 0 Å². The van der Waals surface area contributed by atoms with Crippen LogP contribution in [0.5, 0.6) is 0 Å². The van der Waals surface area contributed by atoms with Gasteiger partial charge in [-0.25, -0.2) is 8.42 Å². The van der Waals surface area contributed by atoms with Crippen molar-refractivity contribution in [3.05, 3.63) is 6.42 Å². The molecule has 0 N–H and O–H groups in total. The molecular formula is C8H14O5S. The number of esters is 1. The van der Waals surface area contributed by atoms with Gasteiger partial charge in [-0.3, -0.25) is 4.79 Å². The summed E-state index contributed by atoms with van der Waals surface area (Å²) in [5, 5.41) is 0. The molecule has 1 atom stereocenters. The maximum absolute atomic E-state index is 10.3. The molecule has 1 rings (SSSR count).